The van der Waals surface area contributed by atoms with E-state index in [0.29, 0.717) is 39.6 Å². The lowest BCUT2D eigenvalue weighted by Crippen LogP contribution is -2.25. The molecule has 1 atom stereocenters. The van der Waals surface area contributed by atoms with Crippen LogP contribution in [0.3, 0.4) is 0 Å². The zero-order valence-electron chi connectivity index (χ0n) is 13.0. The highest BCUT2D eigenvalue weighted by Crippen LogP contribution is 2.37. The first-order chi connectivity index (χ1) is 11.5. The predicted molar refractivity (Wildman–Crippen MR) is 88.2 cm³/mol. The SMILES string of the molecule is Cc1cc(N)cc2c1N(F)C(OC(c1ccccc1)[N+](=O)[O-])=CC2. The Morgan fingerprint density at radius 3 is 2.71 bits per heavy atom. The molecule has 1 heterocycles. The second-order valence-electron chi connectivity index (χ2n) is 5.54. The van der Waals surface area contributed by atoms with Crippen LogP contribution in [0.15, 0.2) is 54.4 Å². The molecule has 0 fully saturated rings. The van der Waals surface area contributed by atoms with Crippen molar-refractivity contribution in [2.75, 3.05) is 10.9 Å². The molecule has 0 radical (unpaired) electrons. The Bertz CT molecular complexity index is 808. The van der Waals surface area contributed by atoms with Crippen molar-refractivity contribution in [3.63, 3.8) is 0 Å². The summed E-state index contributed by atoms with van der Waals surface area (Å²) >= 11 is 0. The van der Waals surface area contributed by atoms with Gasteiger partial charge in [-0.25, -0.2) is 0 Å². The number of aryl methyl sites for hydroxylation is 1. The molecule has 0 saturated carbocycles. The molecule has 7 heteroatoms. The molecule has 24 heavy (non-hydrogen) atoms. The van der Waals surface area contributed by atoms with E-state index in [9.17, 15) is 14.6 Å². The fourth-order valence-corrected chi connectivity index (χ4v) is 2.77. The van der Waals surface area contributed by atoms with Crippen LogP contribution in [-0.2, 0) is 11.2 Å². The average molecular weight is 329 g/mol. The number of nitrogens with two attached hydrogens (primary N) is 1. The van der Waals surface area contributed by atoms with E-state index in [1.807, 2.05) is 0 Å². The molecule has 124 valence electrons. The molecule has 0 bridgehead atoms. The summed E-state index contributed by atoms with van der Waals surface area (Å²) in [6.07, 6.45) is 0.378. The molecule has 0 spiro atoms. The minimum atomic E-state index is -1.48. The summed E-state index contributed by atoms with van der Waals surface area (Å²) in [7, 11) is 0. The van der Waals surface area contributed by atoms with Gasteiger partial charge in [0.2, 0.25) is 5.88 Å². The van der Waals surface area contributed by atoms with E-state index in [-0.39, 0.29) is 5.88 Å². The van der Waals surface area contributed by atoms with Gasteiger partial charge in [0.25, 0.3) is 0 Å². The highest BCUT2D eigenvalue weighted by molar-refractivity contribution is 5.67. The van der Waals surface area contributed by atoms with Crippen molar-refractivity contribution in [3.05, 3.63) is 81.2 Å². The van der Waals surface area contributed by atoms with Gasteiger partial charge in [-0.1, -0.05) is 22.7 Å². The number of benzene rings is 2. The van der Waals surface area contributed by atoms with Crippen LogP contribution in [0.2, 0.25) is 0 Å². The van der Waals surface area contributed by atoms with Crippen LogP contribution in [0.5, 0.6) is 0 Å². The third kappa shape index (κ3) is 2.88. The summed E-state index contributed by atoms with van der Waals surface area (Å²) in [6, 6.07) is 11.5. The van der Waals surface area contributed by atoms with Gasteiger partial charge in [0, 0.05) is 5.69 Å². The molecule has 6 nitrogen and oxygen atoms in total. The van der Waals surface area contributed by atoms with Crippen LogP contribution in [-0.4, -0.2) is 4.92 Å². The normalized spacial score (nSPS) is 14.6. The van der Waals surface area contributed by atoms with E-state index in [1.54, 1.807) is 49.4 Å². The molecule has 2 aromatic rings. The van der Waals surface area contributed by atoms with Crippen LogP contribution < -0.4 is 10.9 Å². The minimum absolute atomic E-state index is 0.194. The number of nitro groups is 1. The van der Waals surface area contributed by atoms with Gasteiger partial charge in [-0.2, -0.15) is 0 Å². The van der Waals surface area contributed by atoms with Gasteiger partial charge >= 0.3 is 6.23 Å². The van der Waals surface area contributed by atoms with E-state index in [1.165, 1.54) is 6.08 Å². The monoisotopic (exact) mass is 329 g/mol. The average Bonchev–Trinajstić information content (AvgIpc) is 2.54. The highest BCUT2D eigenvalue weighted by atomic mass is 19.2. The molecule has 3 rings (SSSR count). The molecule has 2 N–H and O–H groups in total. The second kappa shape index (κ2) is 6.19. The van der Waals surface area contributed by atoms with Crippen molar-refractivity contribution in [1.82, 2.24) is 0 Å². The Morgan fingerprint density at radius 1 is 1.33 bits per heavy atom. The van der Waals surface area contributed by atoms with Crippen molar-refractivity contribution in [2.24, 2.45) is 0 Å². The zero-order chi connectivity index (χ0) is 17.3. The fraction of sp³-hybridized carbons (Fsp3) is 0.176. The largest absolute Gasteiger partial charge is 0.408 e. The molecule has 1 aliphatic rings. The topological polar surface area (TPSA) is 81.6 Å². The van der Waals surface area contributed by atoms with Crippen LogP contribution in [0.1, 0.15) is 22.9 Å². The molecule has 0 aromatic heterocycles. The van der Waals surface area contributed by atoms with Gasteiger partial charge < -0.3 is 10.5 Å². The smallest absolute Gasteiger partial charge is 0.381 e. The van der Waals surface area contributed by atoms with Crippen LogP contribution >= 0.6 is 0 Å². The number of rotatable bonds is 4. The number of nitrogens with zero attached hydrogens (tertiary/aromatic N) is 2. The van der Waals surface area contributed by atoms with E-state index >= 15 is 0 Å². The number of nitrogen functional groups attached to an aromatic ring is 1. The predicted octanol–water partition coefficient (Wildman–Crippen LogP) is 3.66. The second-order valence-corrected chi connectivity index (χ2v) is 5.54. The Balaban J connectivity index is 1.90. The lowest BCUT2D eigenvalue weighted by atomic mass is 10.0. The Hall–Kier alpha value is -3.09. The molecule has 0 aliphatic carbocycles. The summed E-state index contributed by atoms with van der Waals surface area (Å²) in [5.74, 6) is -0.194. The van der Waals surface area contributed by atoms with Crippen molar-refractivity contribution in [1.29, 1.82) is 0 Å². The van der Waals surface area contributed by atoms with Crippen LogP contribution in [0, 0.1) is 17.0 Å². The van der Waals surface area contributed by atoms with Gasteiger partial charge in [-0.15, -0.1) is 5.12 Å². The summed E-state index contributed by atoms with van der Waals surface area (Å²) in [6.45, 7) is 1.73. The maximum Gasteiger partial charge on any atom is 0.381 e. The number of hydrogen-bond donors (Lipinski definition) is 1. The van der Waals surface area contributed by atoms with Crippen LogP contribution in [0.4, 0.5) is 15.9 Å². The van der Waals surface area contributed by atoms with Crippen molar-refractivity contribution in [2.45, 2.75) is 19.6 Å². The number of hydrogen-bond acceptors (Lipinski definition) is 5. The van der Waals surface area contributed by atoms with E-state index < -0.39 is 11.2 Å². The molecular formula is C17H16FN3O3. The first kappa shape index (κ1) is 15.8. The number of halogens is 1. The highest BCUT2D eigenvalue weighted by Gasteiger charge is 2.31. The van der Waals surface area contributed by atoms with Crippen molar-refractivity contribution >= 4 is 11.4 Å². The maximum absolute atomic E-state index is 14.7. The Morgan fingerprint density at radius 2 is 2.04 bits per heavy atom. The third-order valence-electron chi connectivity index (χ3n) is 3.80. The molecule has 2 aromatic carbocycles. The van der Waals surface area contributed by atoms with E-state index in [0.717, 1.165) is 0 Å². The molecule has 1 aliphatic heterocycles. The lowest BCUT2D eigenvalue weighted by molar-refractivity contribution is -0.579. The maximum atomic E-state index is 14.7. The number of ether oxygens (including phenoxy) is 1. The van der Waals surface area contributed by atoms with Crippen molar-refractivity contribution < 1.29 is 14.1 Å². The summed E-state index contributed by atoms with van der Waals surface area (Å²) in [5.41, 5.74) is 8.33. The Labute approximate surface area is 138 Å². The minimum Gasteiger partial charge on any atom is -0.408 e. The van der Waals surface area contributed by atoms with Crippen molar-refractivity contribution in [3.8, 4) is 0 Å². The molecule has 0 saturated heterocycles. The van der Waals surface area contributed by atoms with Crippen LogP contribution in [0.25, 0.3) is 0 Å². The zero-order valence-corrected chi connectivity index (χ0v) is 13.0. The number of allylic oxidation sites excluding steroid dienone is 1. The first-order valence-corrected chi connectivity index (χ1v) is 7.37. The molecular weight excluding hydrogens is 313 g/mol. The molecule has 0 amide bonds. The van der Waals surface area contributed by atoms with E-state index in [2.05, 4.69) is 0 Å². The first-order valence-electron chi connectivity index (χ1n) is 7.37. The van der Waals surface area contributed by atoms with Gasteiger partial charge in [-0.3, -0.25) is 10.1 Å². The van der Waals surface area contributed by atoms with E-state index in [4.69, 9.17) is 10.5 Å². The Kier molecular flexibility index (Phi) is 4.07. The summed E-state index contributed by atoms with van der Waals surface area (Å²) in [4.78, 5) is 10.7. The standard InChI is InChI=1S/C17H16FN3O3/c1-11-9-14(19)10-13-7-8-15(20(18)16(11)13)24-17(21(22)23)12-5-3-2-4-6-12/h2-6,8-10,17H,7,19H2,1H3. The number of anilines is 2. The van der Waals surface area contributed by atoms with Gasteiger partial charge in [0.15, 0.2) is 0 Å². The third-order valence-corrected chi connectivity index (χ3v) is 3.80. The van der Waals surface area contributed by atoms with Gasteiger partial charge in [0.05, 0.1) is 16.2 Å². The van der Waals surface area contributed by atoms with Gasteiger partial charge in [0.1, 0.15) is 0 Å². The molecule has 1 unspecified atom stereocenters. The summed E-state index contributed by atoms with van der Waals surface area (Å²) < 4.78 is 20.1. The lowest BCUT2D eigenvalue weighted by Gasteiger charge is -2.26. The van der Waals surface area contributed by atoms with Gasteiger partial charge in [-0.05, 0) is 54.8 Å². The fourth-order valence-electron chi connectivity index (χ4n) is 2.77. The quantitative estimate of drug-likeness (QED) is 0.304. The number of fused-ring (bicyclic) bond motifs is 1. The summed E-state index contributed by atoms with van der Waals surface area (Å²) in [5, 5.41) is 11.7.